The molecule has 130 valence electrons. The van der Waals surface area contributed by atoms with E-state index >= 15 is 0 Å². The predicted octanol–water partition coefficient (Wildman–Crippen LogP) is 3.87. The largest absolute Gasteiger partial charge is 0.467 e. The number of benzene rings is 2. The summed E-state index contributed by atoms with van der Waals surface area (Å²) < 4.78 is 18.6. The van der Waals surface area contributed by atoms with Crippen molar-refractivity contribution in [2.24, 2.45) is 0 Å². The van der Waals surface area contributed by atoms with Crippen molar-refractivity contribution < 1.29 is 18.7 Å². The Kier molecular flexibility index (Phi) is 4.97. The van der Waals surface area contributed by atoms with Gasteiger partial charge >= 0.3 is 5.97 Å². The summed E-state index contributed by atoms with van der Waals surface area (Å²) in [6.07, 6.45) is 0.322. The Morgan fingerprint density at radius 3 is 2.52 bits per heavy atom. The van der Waals surface area contributed by atoms with Crippen LogP contribution < -0.4 is 0 Å². The molecule has 1 aliphatic heterocycles. The molecule has 0 aliphatic carbocycles. The average Bonchev–Trinajstić information content (AvgIpc) is 2.62. The molecule has 1 atom stereocenters. The Morgan fingerprint density at radius 1 is 1.16 bits per heavy atom. The van der Waals surface area contributed by atoms with Crippen LogP contribution in [0.3, 0.4) is 0 Å². The highest BCUT2D eigenvalue weighted by Crippen LogP contribution is 2.30. The topological polar surface area (TPSA) is 46.6 Å². The molecule has 1 aliphatic rings. The summed E-state index contributed by atoms with van der Waals surface area (Å²) in [6.45, 7) is 0.204. The molecule has 1 heterocycles. The second-order valence-corrected chi connectivity index (χ2v) is 6.51. The number of methoxy groups -OCH3 is 1. The predicted molar refractivity (Wildman–Crippen MR) is 92.2 cm³/mol. The first-order valence-electron chi connectivity index (χ1n) is 7.52. The van der Waals surface area contributed by atoms with Crippen LogP contribution in [0.1, 0.15) is 21.5 Å². The van der Waals surface area contributed by atoms with Crippen LogP contribution in [0.5, 0.6) is 0 Å². The van der Waals surface area contributed by atoms with Crippen LogP contribution in [0.15, 0.2) is 36.4 Å². The summed E-state index contributed by atoms with van der Waals surface area (Å²) in [5.74, 6) is -1.83. The molecule has 0 radical (unpaired) electrons. The van der Waals surface area contributed by atoms with Gasteiger partial charge in [-0.05, 0) is 23.3 Å². The molecule has 4 nitrogen and oxygen atoms in total. The molecule has 2 aromatic rings. The molecular weight excluding hydrogens is 368 g/mol. The van der Waals surface area contributed by atoms with E-state index in [-0.39, 0.29) is 22.2 Å². The normalized spacial score (nSPS) is 16.3. The van der Waals surface area contributed by atoms with Gasteiger partial charge in [-0.3, -0.25) is 4.79 Å². The van der Waals surface area contributed by atoms with Crippen molar-refractivity contribution in [1.29, 1.82) is 0 Å². The fraction of sp³-hybridized carbons (Fsp3) is 0.222. The first-order valence-corrected chi connectivity index (χ1v) is 8.28. The van der Waals surface area contributed by atoms with Gasteiger partial charge in [0.2, 0.25) is 0 Å². The molecule has 7 heteroatoms. The minimum absolute atomic E-state index is 0.0267. The highest BCUT2D eigenvalue weighted by Gasteiger charge is 2.36. The number of hydrogen-bond acceptors (Lipinski definition) is 3. The van der Waals surface area contributed by atoms with Gasteiger partial charge in [-0.2, -0.15) is 0 Å². The number of esters is 1. The maximum atomic E-state index is 13.8. The third-order valence-corrected chi connectivity index (χ3v) is 4.83. The number of fused-ring (bicyclic) bond motifs is 1. The molecule has 1 amide bonds. The van der Waals surface area contributed by atoms with Gasteiger partial charge in [0, 0.05) is 13.0 Å². The smallest absolute Gasteiger partial charge is 0.328 e. The molecule has 0 bridgehead atoms. The van der Waals surface area contributed by atoms with E-state index in [9.17, 15) is 14.0 Å². The summed E-state index contributed by atoms with van der Waals surface area (Å²) in [4.78, 5) is 26.5. The van der Waals surface area contributed by atoms with Gasteiger partial charge < -0.3 is 9.64 Å². The lowest BCUT2D eigenvalue weighted by Gasteiger charge is -2.35. The first kappa shape index (κ1) is 17.7. The van der Waals surface area contributed by atoms with Gasteiger partial charge in [-0.15, -0.1) is 0 Å². The third-order valence-electron chi connectivity index (χ3n) is 4.22. The van der Waals surface area contributed by atoms with E-state index in [0.29, 0.717) is 6.42 Å². The van der Waals surface area contributed by atoms with Crippen LogP contribution in [0.25, 0.3) is 0 Å². The highest BCUT2D eigenvalue weighted by molar-refractivity contribution is 6.36. The minimum atomic E-state index is -0.804. The molecule has 0 saturated carbocycles. The SMILES string of the molecule is COC(=O)C1Cc2ccccc2CN1C(=O)c1cc(F)c(Cl)cc1Cl. The number of ether oxygens (including phenoxy) is 1. The molecule has 2 aromatic carbocycles. The van der Waals surface area contributed by atoms with E-state index in [1.165, 1.54) is 18.1 Å². The molecule has 0 aromatic heterocycles. The van der Waals surface area contributed by atoms with Crippen LogP contribution in [0.2, 0.25) is 10.0 Å². The molecule has 1 unspecified atom stereocenters. The van der Waals surface area contributed by atoms with Gasteiger partial charge in [0.05, 0.1) is 22.7 Å². The van der Waals surface area contributed by atoms with E-state index < -0.39 is 23.7 Å². The molecule has 0 N–H and O–H groups in total. The molecular formula is C18H14Cl2FNO3. The van der Waals surface area contributed by atoms with E-state index in [2.05, 4.69) is 0 Å². The number of rotatable bonds is 2. The van der Waals surface area contributed by atoms with E-state index in [4.69, 9.17) is 27.9 Å². The van der Waals surface area contributed by atoms with Gasteiger partial charge in [0.25, 0.3) is 5.91 Å². The van der Waals surface area contributed by atoms with Crippen molar-refractivity contribution in [3.8, 4) is 0 Å². The zero-order chi connectivity index (χ0) is 18.1. The Bertz CT molecular complexity index is 856. The zero-order valence-corrected chi connectivity index (χ0v) is 14.8. The Labute approximate surface area is 154 Å². The second-order valence-electron chi connectivity index (χ2n) is 5.69. The van der Waals surface area contributed by atoms with Gasteiger partial charge in [-0.25, -0.2) is 9.18 Å². The van der Waals surface area contributed by atoms with Crippen LogP contribution >= 0.6 is 23.2 Å². The average molecular weight is 382 g/mol. The third kappa shape index (κ3) is 3.34. The van der Waals surface area contributed by atoms with Crippen LogP contribution in [-0.2, 0) is 22.5 Å². The molecule has 0 saturated heterocycles. The van der Waals surface area contributed by atoms with Gasteiger partial charge in [-0.1, -0.05) is 47.5 Å². The van der Waals surface area contributed by atoms with Gasteiger partial charge in [0.1, 0.15) is 11.9 Å². The summed E-state index contributed by atoms with van der Waals surface area (Å²) in [5, 5.41) is -0.145. The van der Waals surface area contributed by atoms with Crippen molar-refractivity contribution in [2.45, 2.75) is 19.0 Å². The fourth-order valence-corrected chi connectivity index (χ4v) is 3.39. The minimum Gasteiger partial charge on any atom is -0.467 e. The van der Waals surface area contributed by atoms with Gasteiger partial charge in [0.15, 0.2) is 0 Å². The lowest BCUT2D eigenvalue weighted by molar-refractivity contribution is -0.146. The van der Waals surface area contributed by atoms with Crippen molar-refractivity contribution in [3.63, 3.8) is 0 Å². The maximum absolute atomic E-state index is 13.8. The lowest BCUT2D eigenvalue weighted by atomic mass is 9.93. The summed E-state index contributed by atoms with van der Waals surface area (Å²) in [7, 11) is 1.26. The number of halogens is 3. The first-order chi connectivity index (χ1) is 11.9. The Morgan fingerprint density at radius 2 is 1.84 bits per heavy atom. The Hall–Kier alpha value is -2.11. The number of nitrogens with zero attached hydrogens (tertiary/aromatic N) is 1. The number of hydrogen-bond donors (Lipinski definition) is 0. The maximum Gasteiger partial charge on any atom is 0.328 e. The number of carbonyl (C=O) groups excluding carboxylic acids is 2. The summed E-state index contributed by atoms with van der Waals surface area (Å²) >= 11 is 11.7. The molecule has 3 rings (SSSR count). The van der Waals surface area contributed by atoms with Crippen LogP contribution in [0.4, 0.5) is 4.39 Å². The van der Waals surface area contributed by atoms with Crippen LogP contribution in [-0.4, -0.2) is 29.9 Å². The quantitative estimate of drug-likeness (QED) is 0.585. The van der Waals surface area contributed by atoms with Crippen LogP contribution in [0, 0.1) is 5.82 Å². The highest BCUT2D eigenvalue weighted by atomic mass is 35.5. The molecule has 0 fully saturated rings. The van der Waals surface area contributed by atoms with E-state index in [1.54, 1.807) is 0 Å². The standard InChI is InChI=1S/C18H14Cl2FNO3/c1-25-18(24)16-6-10-4-2-3-5-11(10)9-22(16)17(23)12-7-15(21)14(20)8-13(12)19/h2-5,7-8,16H,6,9H2,1H3. The van der Waals surface area contributed by atoms with E-state index in [1.807, 2.05) is 24.3 Å². The van der Waals surface area contributed by atoms with Crippen molar-refractivity contribution in [2.75, 3.05) is 7.11 Å². The van der Waals surface area contributed by atoms with E-state index in [0.717, 1.165) is 17.2 Å². The zero-order valence-electron chi connectivity index (χ0n) is 13.3. The molecule has 25 heavy (non-hydrogen) atoms. The second kappa shape index (κ2) is 7.02. The number of amides is 1. The molecule has 0 spiro atoms. The Balaban J connectivity index is 2.02. The number of carbonyl (C=O) groups is 2. The lowest BCUT2D eigenvalue weighted by Crippen LogP contribution is -2.49. The summed E-state index contributed by atoms with van der Waals surface area (Å²) in [5.41, 5.74) is 1.84. The summed E-state index contributed by atoms with van der Waals surface area (Å²) in [6, 6.07) is 8.88. The fourth-order valence-electron chi connectivity index (χ4n) is 2.92. The monoisotopic (exact) mass is 381 g/mol. The van der Waals surface area contributed by atoms with Crippen molar-refractivity contribution >= 4 is 35.1 Å². The van der Waals surface area contributed by atoms with Crippen molar-refractivity contribution in [1.82, 2.24) is 4.90 Å². The van der Waals surface area contributed by atoms with Crippen molar-refractivity contribution in [3.05, 3.63) is 69.0 Å².